The van der Waals surface area contributed by atoms with Crippen molar-refractivity contribution in [1.29, 1.82) is 0 Å². The van der Waals surface area contributed by atoms with E-state index < -0.39 is 0 Å². The molecule has 2 aliphatic heterocycles. The highest BCUT2D eigenvalue weighted by Gasteiger charge is 2.29. The van der Waals surface area contributed by atoms with Crippen molar-refractivity contribution < 1.29 is 4.79 Å². The molecule has 154 valence electrons. The van der Waals surface area contributed by atoms with Gasteiger partial charge in [-0.15, -0.1) is 0 Å². The molecule has 7 nitrogen and oxygen atoms in total. The van der Waals surface area contributed by atoms with Crippen molar-refractivity contribution in [1.82, 2.24) is 19.8 Å². The maximum Gasteiger partial charge on any atom is 0.227 e. The zero-order chi connectivity index (χ0) is 19.5. The predicted molar refractivity (Wildman–Crippen MR) is 112 cm³/mol. The Morgan fingerprint density at radius 3 is 2.21 bits per heavy atom. The normalized spacial score (nSPS) is 22.6. The van der Waals surface area contributed by atoms with Crippen LogP contribution in [0.2, 0.25) is 0 Å². The first-order valence-corrected chi connectivity index (χ1v) is 10.9. The van der Waals surface area contributed by atoms with Crippen LogP contribution in [0, 0.1) is 12.8 Å². The molecule has 28 heavy (non-hydrogen) atoms. The molecule has 0 aromatic carbocycles. The van der Waals surface area contributed by atoms with Gasteiger partial charge < -0.3 is 19.6 Å². The van der Waals surface area contributed by atoms with Crippen molar-refractivity contribution in [3.8, 4) is 0 Å². The molecule has 0 bridgehead atoms. The second kappa shape index (κ2) is 8.64. The van der Waals surface area contributed by atoms with Gasteiger partial charge in [-0.2, -0.15) is 4.98 Å². The number of hydrogen-bond donors (Lipinski definition) is 0. The first-order valence-electron chi connectivity index (χ1n) is 10.9. The number of hydrogen-bond acceptors (Lipinski definition) is 6. The van der Waals surface area contributed by atoms with E-state index in [1.165, 1.54) is 19.3 Å². The number of carbonyl (C=O) groups excluding carboxylic acids is 1. The molecule has 3 aliphatic rings. The number of aryl methyl sites for hydroxylation is 1. The first-order chi connectivity index (χ1) is 13.6. The number of likely N-dealkylation sites (N-methyl/N-ethyl adjacent to an activating group) is 1. The maximum absolute atomic E-state index is 12.8. The second-order valence-corrected chi connectivity index (χ2v) is 8.61. The molecular weight excluding hydrogens is 352 g/mol. The molecule has 1 aliphatic carbocycles. The topological polar surface area (TPSA) is 55.8 Å². The zero-order valence-corrected chi connectivity index (χ0v) is 17.4. The van der Waals surface area contributed by atoms with Crippen LogP contribution in [0.4, 0.5) is 11.8 Å². The van der Waals surface area contributed by atoms with Crippen molar-refractivity contribution in [2.45, 2.75) is 39.0 Å². The highest BCUT2D eigenvalue weighted by Crippen LogP contribution is 2.26. The van der Waals surface area contributed by atoms with E-state index in [9.17, 15) is 4.79 Å². The molecule has 3 fully saturated rings. The molecule has 3 heterocycles. The number of rotatable bonds is 3. The summed E-state index contributed by atoms with van der Waals surface area (Å²) in [6, 6.07) is 2.09. The van der Waals surface area contributed by atoms with Gasteiger partial charge in [0.2, 0.25) is 11.9 Å². The molecule has 0 spiro atoms. The summed E-state index contributed by atoms with van der Waals surface area (Å²) >= 11 is 0. The van der Waals surface area contributed by atoms with Crippen LogP contribution < -0.4 is 9.80 Å². The minimum atomic E-state index is 0.263. The van der Waals surface area contributed by atoms with Crippen LogP contribution in [-0.4, -0.2) is 85.1 Å². The van der Waals surface area contributed by atoms with Crippen LogP contribution >= 0.6 is 0 Å². The van der Waals surface area contributed by atoms with Crippen molar-refractivity contribution in [2.75, 3.05) is 69.2 Å². The van der Waals surface area contributed by atoms with Crippen LogP contribution in [0.25, 0.3) is 0 Å². The summed E-state index contributed by atoms with van der Waals surface area (Å²) in [5.74, 6) is 2.50. The first kappa shape index (κ1) is 19.4. The van der Waals surface area contributed by atoms with E-state index in [0.29, 0.717) is 5.91 Å². The molecule has 1 amide bonds. The van der Waals surface area contributed by atoms with Gasteiger partial charge in [0.15, 0.2) is 0 Å². The van der Waals surface area contributed by atoms with Gasteiger partial charge in [0.1, 0.15) is 5.82 Å². The SMILES string of the molecule is Cc1cc(N2CCN(C)CC2)nc(N2CCN(C(=O)C3CCCCC3)CC2)n1. The largest absolute Gasteiger partial charge is 0.354 e. The summed E-state index contributed by atoms with van der Waals surface area (Å²) in [5.41, 5.74) is 1.01. The van der Waals surface area contributed by atoms with Gasteiger partial charge in [-0.05, 0) is 26.8 Å². The standard InChI is InChI=1S/C21H34N6O/c1-17-16-19(25-10-8-24(2)9-11-25)23-21(22-17)27-14-12-26(13-15-27)20(28)18-6-4-3-5-7-18/h16,18H,3-15H2,1-2H3. The third-order valence-electron chi connectivity index (χ3n) is 6.48. The summed E-state index contributed by atoms with van der Waals surface area (Å²) in [7, 11) is 2.17. The van der Waals surface area contributed by atoms with Crippen molar-refractivity contribution >= 4 is 17.7 Å². The highest BCUT2D eigenvalue weighted by molar-refractivity contribution is 5.79. The third-order valence-corrected chi connectivity index (χ3v) is 6.48. The van der Waals surface area contributed by atoms with E-state index in [2.05, 4.69) is 32.7 Å². The van der Waals surface area contributed by atoms with Crippen LogP contribution in [-0.2, 0) is 4.79 Å². The average molecular weight is 387 g/mol. The quantitative estimate of drug-likeness (QED) is 0.789. The number of nitrogens with zero attached hydrogens (tertiary/aromatic N) is 6. The molecule has 1 aromatic heterocycles. The van der Waals surface area contributed by atoms with E-state index >= 15 is 0 Å². The van der Waals surface area contributed by atoms with Crippen LogP contribution in [0.1, 0.15) is 37.8 Å². The Bertz CT molecular complexity index is 673. The molecule has 0 radical (unpaired) electrons. The smallest absolute Gasteiger partial charge is 0.227 e. The number of aromatic nitrogens is 2. The molecule has 1 saturated carbocycles. The number of amides is 1. The lowest BCUT2D eigenvalue weighted by Gasteiger charge is -2.38. The van der Waals surface area contributed by atoms with Gasteiger partial charge in [0.25, 0.3) is 0 Å². The number of piperazine rings is 2. The molecule has 7 heteroatoms. The maximum atomic E-state index is 12.8. The van der Waals surface area contributed by atoms with Gasteiger partial charge in [0, 0.05) is 70.0 Å². The Balaban J connectivity index is 1.38. The average Bonchev–Trinajstić information content (AvgIpc) is 2.74. The summed E-state index contributed by atoms with van der Waals surface area (Å²) in [5, 5.41) is 0. The Morgan fingerprint density at radius 2 is 1.54 bits per heavy atom. The number of carbonyl (C=O) groups is 1. The fourth-order valence-corrected chi connectivity index (χ4v) is 4.61. The van der Waals surface area contributed by atoms with Gasteiger partial charge in [0.05, 0.1) is 0 Å². The summed E-state index contributed by atoms with van der Waals surface area (Å²) in [4.78, 5) is 31.4. The van der Waals surface area contributed by atoms with E-state index in [-0.39, 0.29) is 5.92 Å². The molecule has 0 unspecified atom stereocenters. The third kappa shape index (κ3) is 4.40. The zero-order valence-electron chi connectivity index (χ0n) is 17.4. The van der Waals surface area contributed by atoms with Crippen molar-refractivity contribution in [3.05, 3.63) is 11.8 Å². The van der Waals surface area contributed by atoms with E-state index in [4.69, 9.17) is 9.97 Å². The fraction of sp³-hybridized carbons (Fsp3) is 0.762. The molecule has 4 rings (SSSR count). The lowest BCUT2D eigenvalue weighted by molar-refractivity contribution is -0.136. The lowest BCUT2D eigenvalue weighted by atomic mass is 9.88. The van der Waals surface area contributed by atoms with Crippen LogP contribution in [0.15, 0.2) is 6.07 Å². The van der Waals surface area contributed by atoms with Gasteiger partial charge >= 0.3 is 0 Å². The Labute approximate surface area is 168 Å². The molecular formula is C21H34N6O. The molecule has 0 N–H and O–H groups in total. The van der Waals surface area contributed by atoms with Gasteiger partial charge in [-0.3, -0.25) is 4.79 Å². The predicted octanol–water partition coefficient (Wildman–Crippen LogP) is 1.77. The minimum Gasteiger partial charge on any atom is -0.354 e. The lowest BCUT2D eigenvalue weighted by Crippen LogP contribution is -2.51. The molecule has 2 saturated heterocycles. The Hall–Kier alpha value is -1.89. The van der Waals surface area contributed by atoms with Crippen molar-refractivity contribution in [3.63, 3.8) is 0 Å². The fourth-order valence-electron chi connectivity index (χ4n) is 4.61. The minimum absolute atomic E-state index is 0.263. The van der Waals surface area contributed by atoms with E-state index in [1.54, 1.807) is 0 Å². The van der Waals surface area contributed by atoms with Crippen LogP contribution in [0.3, 0.4) is 0 Å². The summed E-state index contributed by atoms with van der Waals surface area (Å²) < 4.78 is 0. The van der Waals surface area contributed by atoms with Gasteiger partial charge in [-0.1, -0.05) is 19.3 Å². The summed E-state index contributed by atoms with van der Waals surface area (Å²) in [6.07, 6.45) is 5.87. The van der Waals surface area contributed by atoms with E-state index in [0.717, 1.165) is 82.7 Å². The monoisotopic (exact) mass is 386 g/mol. The number of anilines is 2. The highest BCUT2D eigenvalue weighted by atomic mass is 16.2. The molecule has 1 aromatic rings. The second-order valence-electron chi connectivity index (χ2n) is 8.61. The van der Waals surface area contributed by atoms with Crippen LogP contribution in [0.5, 0.6) is 0 Å². The Kier molecular flexibility index (Phi) is 5.99. The Morgan fingerprint density at radius 1 is 0.893 bits per heavy atom. The van der Waals surface area contributed by atoms with Gasteiger partial charge in [-0.25, -0.2) is 4.98 Å². The summed E-state index contributed by atoms with van der Waals surface area (Å²) in [6.45, 7) is 9.43. The molecule has 0 atom stereocenters. The van der Waals surface area contributed by atoms with E-state index in [1.807, 2.05) is 6.92 Å². The van der Waals surface area contributed by atoms with Crippen molar-refractivity contribution in [2.24, 2.45) is 5.92 Å².